The Bertz CT molecular complexity index is 512. The Kier molecular flexibility index (Phi) is 2.85. The molecule has 1 atom stereocenters. The standard InChI is InChI=1S/C14H17FN2/c15-13-12(8-10-2-1-6-16-9-10)4-3-11-5-7-17-14(11)13/h3-5,7,10,16-17H,1-2,6,8-9H2. The zero-order chi connectivity index (χ0) is 11.7. The van der Waals surface area contributed by atoms with Crippen LogP contribution in [0.4, 0.5) is 4.39 Å². The number of piperidine rings is 1. The summed E-state index contributed by atoms with van der Waals surface area (Å²) in [5.41, 5.74) is 1.49. The second-order valence-electron chi connectivity index (χ2n) is 4.90. The van der Waals surface area contributed by atoms with Crippen LogP contribution >= 0.6 is 0 Å². The van der Waals surface area contributed by atoms with Crippen LogP contribution in [0.3, 0.4) is 0 Å². The summed E-state index contributed by atoms with van der Waals surface area (Å²) in [6.07, 6.45) is 5.04. The van der Waals surface area contributed by atoms with Crippen LogP contribution in [0.15, 0.2) is 24.4 Å². The zero-order valence-electron chi connectivity index (χ0n) is 9.80. The molecular formula is C14H17FN2. The number of aromatic nitrogens is 1. The summed E-state index contributed by atoms with van der Waals surface area (Å²) in [4.78, 5) is 2.97. The van der Waals surface area contributed by atoms with Crippen LogP contribution in [0.25, 0.3) is 10.9 Å². The van der Waals surface area contributed by atoms with Crippen molar-refractivity contribution in [3.8, 4) is 0 Å². The van der Waals surface area contributed by atoms with Crippen LogP contribution in [-0.4, -0.2) is 18.1 Å². The third-order valence-corrected chi connectivity index (χ3v) is 3.65. The van der Waals surface area contributed by atoms with Gasteiger partial charge >= 0.3 is 0 Å². The van der Waals surface area contributed by atoms with Crippen LogP contribution < -0.4 is 5.32 Å². The largest absolute Gasteiger partial charge is 0.359 e. The number of rotatable bonds is 2. The Balaban J connectivity index is 1.86. The maximum absolute atomic E-state index is 14.2. The highest BCUT2D eigenvalue weighted by Crippen LogP contribution is 2.23. The number of hydrogen-bond donors (Lipinski definition) is 2. The summed E-state index contributed by atoms with van der Waals surface area (Å²) >= 11 is 0. The van der Waals surface area contributed by atoms with E-state index in [2.05, 4.69) is 10.3 Å². The lowest BCUT2D eigenvalue weighted by Crippen LogP contribution is -2.31. The average molecular weight is 232 g/mol. The van der Waals surface area contributed by atoms with Crippen molar-refractivity contribution < 1.29 is 4.39 Å². The normalized spacial score (nSPS) is 20.9. The van der Waals surface area contributed by atoms with Gasteiger partial charge in [0.05, 0.1) is 5.52 Å². The van der Waals surface area contributed by atoms with Crippen LogP contribution in [0.5, 0.6) is 0 Å². The first-order valence-corrected chi connectivity index (χ1v) is 6.30. The van der Waals surface area contributed by atoms with Crippen molar-refractivity contribution in [3.63, 3.8) is 0 Å². The van der Waals surface area contributed by atoms with E-state index in [1.165, 1.54) is 12.8 Å². The van der Waals surface area contributed by atoms with Crippen LogP contribution in [0, 0.1) is 11.7 Å². The lowest BCUT2D eigenvalue weighted by molar-refractivity contribution is 0.372. The minimum absolute atomic E-state index is 0.0712. The summed E-state index contributed by atoms with van der Waals surface area (Å²) in [7, 11) is 0. The molecule has 1 saturated heterocycles. The molecule has 2 aromatic rings. The fourth-order valence-electron chi connectivity index (χ4n) is 2.70. The van der Waals surface area contributed by atoms with Gasteiger partial charge < -0.3 is 10.3 Å². The lowest BCUT2D eigenvalue weighted by Gasteiger charge is -2.22. The van der Waals surface area contributed by atoms with Gasteiger partial charge in [0.2, 0.25) is 0 Å². The quantitative estimate of drug-likeness (QED) is 0.818. The molecule has 0 spiro atoms. The summed E-state index contributed by atoms with van der Waals surface area (Å²) in [6, 6.07) is 5.84. The molecule has 90 valence electrons. The Hall–Kier alpha value is -1.35. The van der Waals surface area contributed by atoms with Gasteiger partial charge in [0.1, 0.15) is 5.82 Å². The minimum Gasteiger partial charge on any atom is -0.359 e. The highest BCUT2D eigenvalue weighted by atomic mass is 19.1. The molecule has 2 N–H and O–H groups in total. The van der Waals surface area contributed by atoms with Gasteiger partial charge in [-0.25, -0.2) is 4.39 Å². The van der Waals surface area contributed by atoms with E-state index in [-0.39, 0.29) is 5.82 Å². The van der Waals surface area contributed by atoms with E-state index in [4.69, 9.17) is 0 Å². The molecule has 17 heavy (non-hydrogen) atoms. The van der Waals surface area contributed by atoms with Crippen LogP contribution in [-0.2, 0) is 6.42 Å². The molecule has 2 heterocycles. The number of aromatic amines is 1. The third-order valence-electron chi connectivity index (χ3n) is 3.65. The monoisotopic (exact) mass is 232 g/mol. The van der Waals surface area contributed by atoms with Gasteiger partial charge in [0, 0.05) is 11.6 Å². The van der Waals surface area contributed by atoms with Gasteiger partial charge in [-0.05, 0) is 49.9 Å². The molecule has 0 radical (unpaired) electrons. The maximum Gasteiger partial charge on any atom is 0.150 e. The Morgan fingerprint density at radius 3 is 3.06 bits per heavy atom. The third kappa shape index (κ3) is 2.07. The van der Waals surface area contributed by atoms with E-state index in [1.54, 1.807) is 6.20 Å². The van der Waals surface area contributed by atoms with E-state index in [9.17, 15) is 4.39 Å². The Morgan fingerprint density at radius 1 is 1.29 bits per heavy atom. The molecular weight excluding hydrogens is 215 g/mol. The van der Waals surface area contributed by atoms with Gasteiger partial charge in [-0.2, -0.15) is 0 Å². The number of halogens is 1. The molecule has 0 aliphatic carbocycles. The smallest absolute Gasteiger partial charge is 0.150 e. The van der Waals surface area contributed by atoms with E-state index in [1.807, 2.05) is 18.2 Å². The number of hydrogen-bond acceptors (Lipinski definition) is 1. The van der Waals surface area contributed by atoms with Crippen molar-refractivity contribution in [1.82, 2.24) is 10.3 Å². The summed E-state index contributed by atoms with van der Waals surface area (Å²) < 4.78 is 14.2. The van der Waals surface area contributed by atoms with E-state index >= 15 is 0 Å². The molecule has 2 nitrogen and oxygen atoms in total. The highest BCUT2D eigenvalue weighted by molar-refractivity contribution is 5.80. The molecule has 1 aromatic heterocycles. The second-order valence-corrected chi connectivity index (χ2v) is 4.90. The van der Waals surface area contributed by atoms with Crippen molar-refractivity contribution in [2.75, 3.05) is 13.1 Å². The first kappa shape index (κ1) is 10.8. The van der Waals surface area contributed by atoms with Crippen molar-refractivity contribution >= 4 is 10.9 Å². The van der Waals surface area contributed by atoms with Crippen LogP contribution in [0.2, 0.25) is 0 Å². The van der Waals surface area contributed by atoms with Gasteiger partial charge in [0.15, 0.2) is 0 Å². The summed E-state index contributed by atoms with van der Waals surface area (Å²) in [5, 5.41) is 4.33. The molecule has 1 fully saturated rings. The maximum atomic E-state index is 14.2. The molecule has 0 saturated carbocycles. The fourth-order valence-corrected chi connectivity index (χ4v) is 2.70. The van der Waals surface area contributed by atoms with Gasteiger partial charge in [-0.3, -0.25) is 0 Å². The van der Waals surface area contributed by atoms with Crippen molar-refractivity contribution in [3.05, 3.63) is 35.8 Å². The Morgan fingerprint density at radius 2 is 2.24 bits per heavy atom. The molecule has 3 heteroatoms. The second kappa shape index (κ2) is 4.49. The highest BCUT2D eigenvalue weighted by Gasteiger charge is 2.16. The molecule has 1 unspecified atom stereocenters. The fraction of sp³-hybridized carbons (Fsp3) is 0.429. The first-order valence-electron chi connectivity index (χ1n) is 6.30. The molecule has 1 aliphatic heterocycles. The van der Waals surface area contributed by atoms with Gasteiger partial charge in [-0.15, -0.1) is 0 Å². The molecule has 0 amide bonds. The SMILES string of the molecule is Fc1c(CC2CCCNC2)ccc2cc[nH]c12. The predicted octanol–water partition coefficient (Wildman–Crippen LogP) is 2.85. The van der Waals surface area contributed by atoms with Gasteiger partial charge in [-0.1, -0.05) is 12.1 Å². The number of benzene rings is 1. The van der Waals surface area contributed by atoms with Crippen molar-refractivity contribution in [2.45, 2.75) is 19.3 Å². The lowest BCUT2D eigenvalue weighted by atomic mass is 9.92. The minimum atomic E-state index is -0.0712. The topological polar surface area (TPSA) is 27.8 Å². The molecule has 1 aromatic carbocycles. The summed E-state index contributed by atoms with van der Waals surface area (Å²) in [5.74, 6) is 0.503. The van der Waals surface area contributed by atoms with Crippen molar-refractivity contribution in [1.29, 1.82) is 0 Å². The Labute approximate surface area is 100 Å². The summed E-state index contributed by atoms with van der Waals surface area (Å²) in [6.45, 7) is 2.12. The molecule has 1 aliphatic rings. The van der Waals surface area contributed by atoms with E-state index in [0.29, 0.717) is 11.4 Å². The number of H-pyrrole nitrogens is 1. The molecule has 0 bridgehead atoms. The molecule has 3 rings (SSSR count). The van der Waals surface area contributed by atoms with E-state index < -0.39 is 0 Å². The van der Waals surface area contributed by atoms with E-state index in [0.717, 1.165) is 30.5 Å². The number of fused-ring (bicyclic) bond motifs is 1. The average Bonchev–Trinajstić information content (AvgIpc) is 2.83. The van der Waals surface area contributed by atoms with Crippen LogP contribution in [0.1, 0.15) is 18.4 Å². The number of nitrogens with one attached hydrogen (secondary N) is 2. The zero-order valence-corrected chi connectivity index (χ0v) is 9.80. The first-order chi connectivity index (χ1) is 8.34. The van der Waals surface area contributed by atoms with Gasteiger partial charge in [0.25, 0.3) is 0 Å². The predicted molar refractivity (Wildman–Crippen MR) is 67.6 cm³/mol. The van der Waals surface area contributed by atoms with Crippen molar-refractivity contribution in [2.24, 2.45) is 5.92 Å².